The fourth-order valence-electron chi connectivity index (χ4n) is 3.58. The Balaban J connectivity index is 1.74. The number of hydrogen-bond acceptors (Lipinski definition) is 9. The van der Waals surface area contributed by atoms with E-state index in [9.17, 15) is 24.5 Å². The van der Waals surface area contributed by atoms with Gasteiger partial charge in [0.1, 0.15) is 18.3 Å². The quantitative estimate of drug-likeness (QED) is 0.199. The Morgan fingerprint density at radius 1 is 1.41 bits per heavy atom. The number of phosphoric ester groups is 1. The highest BCUT2D eigenvalue weighted by Gasteiger charge is 2.47. The van der Waals surface area contributed by atoms with Crippen molar-refractivity contribution in [1.29, 1.82) is 0 Å². The zero-order valence-electron chi connectivity index (χ0n) is 16.2. The Morgan fingerprint density at radius 3 is 2.84 bits per heavy atom. The second-order valence-corrected chi connectivity index (χ2v) is 8.85. The first-order chi connectivity index (χ1) is 15.0. The molecule has 13 nitrogen and oxygen atoms in total. The summed E-state index contributed by atoms with van der Waals surface area (Å²) in [5, 5.41) is 21.3. The molecule has 1 saturated heterocycles. The van der Waals surface area contributed by atoms with Crippen molar-refractivity contribution in [1.82, 2.24) is 14.5 Å². The van der Waals surface area contributed by atoms with Gasteiger partial charge in [-0.25, -0.2) is 4.57 Å². The number of nitrogen functional groups attached to an aromatic ring is 1. The van der Waals surface area contributed by atoms with Crippen molar-refractivity contribution in [2.45, 2.75) is 31.1 Å². The Morgan fingerprint density at radius 2 is 2.16 bits per heavy atom. The fourth-order valence-corrected chi connectivity index (χ4v) is 4.12. The first kappa shape index (κ1) is 22.8. The lowest BCUT2D eigenvalue weighted by atomic mass is 10.1. The Hall–Kier alpha value is -2.35. The van der Waals surface area contributed by atoms with Gasteiger partial charge in [0, 0.05) is 5.02 Å². The molecule has 15 heteroatoms. The Bertz CT molecular complexity index is 1260. The van der Waals surface area contributed by atoms with Crippen molar-refractivity contribution in [3.63, 3.8) is 0 Å². The summed E-state index contributed by atoms with van der Waals surface area (Å²) in [6.45, 7) is -0.523. The SMILES string of the molecule is Nc1nc2c(c(=O)[nH]1)n(Cc1cccc(Cl)c1)c[n+]2[C@@H]1O[C@H](COP(=O)([O-])O)[C@@H](O)[C@H]1O. The van der Waals surface area contributed by atoms with E-state index in [-0.39, 0.29) is 23.7 Å². The minimum atomic E-state index is -5.07. The molecule has 2 aromatic heterocycles. The molecular weight excluding hydrogens is 469 g/mol. The topological polar surface area (TPSA) is 200 Å². The number of phosphoric acid groups is 1. The van der Waals surface area contributed by atoms with Crippen molar-refractivity contribution in [2.24, 2.45) is 0 Å². The summed E-state index contributed by atoms with van der Waals surface area (Å²) >= 11 is 6.04. The molecule has 0 spiro atoms. The number of aromatic nitrogens is 4. The van der Waals surface area contributed by atoms with Crippen LogP contribution in [0.15, 0.2) is 35.4 Å². The Labute approximate surface area is 184 Å². The van der Waals surface area contributed by atoms with Gasteiger partial charge in [0.2, 0.25) is 11.7 Å². The minimum Gasteiger partial charge on any atom is -0.756 e. The van der Waals surface area contributed by atoms with Crippen LogP contribution < -0.4 is 20.8 Å². The molecule has 0 aliphatic carbocycles. The van der Waals surface area contributed by atoms with Crippen LogP contribution in [0, 0.1) is 0 Å². The summed E-state index contributed by atoms with van der Waals surface area (Å²) < 4.78 is 23.6. The van der Waals surface area contributed by atoms with Crippen molar-refractivity contribution in [2.75, 3.05) is 12.3 Å². The number of ether oxygens (including phenoxy) is 1. The third-order valence-corrected chi connectivity index (χ3v) is 5.66. The molecular formula is C17H19ClN5O8P. The maximum absolute atomic E-state index is 12.6. The van der Waals surface area contributed by atoms with Gasteiger partial charge < -0.3 is 35.0 Å². The van der Waals surface area contributed by atoms with E-state index in [2.05, 4.69) is 14.5 Å². The summed E-state index contributed by atoms with van der Waals surface area (Å²) in [6, 6.07) is 6.96. The summed E-state index contributed by atoms with van der Waals surface area (Å²) in [7, 11) is -5.07. The van der Waals surface area contributed by atoms with Crippen LogP contribution in [0.25, 0.3) is 11.2 Å². The maximum atomic E-state index is 12.6. The molecule has 32 heavy (non-hydrogen) atoms. The normalized spacial score (nSPS) is 25.3. The van der Waals surface area contributed by atoms with Crippen LogP contribution in [-0.4, -0.2) is 54.6 Å². The highest BCUT2D eigenvalue weighted by molar-refractivity contribution is 7.44. The smallest absolute Gasteiger partial charge is 0.313 e. The van der Waals surface area contributed by atoms with Crippen molar-refractivity contribution >= 4 is 36.5 Å². The monoisotopic (exact) mass is 487 g/mol. The number of benzene rings is 1. The molecule has 0 saturated carbocycles. The largest absolute Gasteiger partial charge is 0.756 e. The fraction of sp³-hybridized carbons (Fsp3) is 0.353. The van der Waals surface area contributed by atoms with Gasteiger partial charge in [0.15, 0.2) is 6.33 Å². The van der Waals surface area contributed by atoms with E-state index in [0.717, 1.165) is 5.56 Å². The van der Waals surface area contributed by atoms with Crippen LogP contribution in [0.5, 0.6) is 0 Å². The molecule has 1 aromatic carbocycles. The lowest BCUT2D eigenvalue weighted by Crippen LogP contribution is -2.46. The highest BCUT2D eigenvalue weighted by atomic mass is 35.5. The van der Waals surface area contributed by atoms with Gasteiger partial charge in [-0.2, -0.15) is 0 Å². The van der Waals surface area contributed by atoms with Gasteiger partial charge in [0.05, 0.1) is 13.2 Å². The number of aromatic amines is 1. The van der Waals surface area contributed by atoms with Gasteiger partial charge in [-0.15, -0.1) is 0 Å². The number of nitrogens with zero attached hydrogens (tertiary/aromatic N) is 3. The molecule has 1 aliphatic heterocycles. The lowest BCUT2D eigenvalue weighted by molar-refractivity contribution is -0.745. The molecule has 0 bridgehead atoms. The Kier molecular flexibility index (Phi) is 6.09. The van der Waals surface area contributed by atoms with Crippen LogP contribution in [0.3, 0.4) is 0 Å². The highest BCUT2D eigenvalue weighted by Crippen LogP contribution is 2.34. The van der Waals surface area contributed by atoms with E-state index in [1.165, 1.54) is 15.5 Å². The molecule has 172 valence electrons. The summed E-state index contributed by atoms with van der Waals surface area (Å²) in [5.41, 5.74) is 6.08. The number of nitrogens with one attached hydrogen (secondary N) is 1. The number of fused-ring (bicyclic) bond motifs is 1. The average molecular weight is 488 g/mol. The van der Waals surface area contributed by atoms with Gasteiger partial charge in [0.25, 0.3) is 19.3 Å². The molecule has 1 fully saturated rings. The first-order valence-electron chi connectivity index (χ1n) is 9.27. The van der Waals surface area contributed by atoms with E-state index < -0.39 is 44.5 Å². The van der Waals surface area contributed by atoms with E-state index in [1.54, 1.807) is 24.3 Å². The van der Waals surface area contributed by atoms with Crippen LogP contribution in [0.4, 0.5) is 5.95 Å². The van der Waals surface area contributed by atoms with E-state index in [4.69, 9.17) is 27.0 Å². The van der Waals surface area contributed by atoms with Gasteiger partial charge in [-0.3, -0.25) is 18.9 Å². The van der Waals surface area contributed by atoms with Crippen LogP contribution >= 0.6 is 19.4 Å². The third-order valence-electron chi connectivity index (χ3n) is 4.95. The van der Waals surface area contributed by atoms with E-state index in [1.807, 2.05) is 0 Å². The zero-order chi connectivity index (χ0) is 23.2. The summed E-state index contributed by atoms with van der Waals surface area (Å²) in [5.74, 6) is -0.183. The number of H-pyrrole nitrogens is 1. The standard InChI is InChI=1S/C17H19ClN5O8P/c18-9-3-1-2-8(4-9)5-22-7-23(14-11(22)15(26)21-17(19)20-14)16-13(25)12(24)10(31-16)6-30-32(27,28)29/h1-4,7,10,12-13,16,24-25H,5-6H2,(H4-,19,20,21,26,27,28,29)/t10-,12-,13-,16-/m1/s1. The molecule has 6 N–H and O–H groups in total. The third kappa shape index (κ3) is 4.56. The van der Waals surface area contributed by atoms with Crippen LogP contribution in [0.2, 0.25) is 5.02 Å². The van der Waals surface area contributed by atoms with E-state index in [0.29, 0.717) is 5.02 Å². The number of aliphatic hydroxyl groups excluding tert-OH is 2. The second kappa shape index (κ2) is 8.54. The van der Waals surface area contributed by atoms with Gasteiger partial charge in [-0.05, 0) is 17.7 Å². The van der Waals surface area contributed by atoms with Crippen molar-refractivity contribution in [3.05, 3.63) is 51.5 Å². The van der Waals surface area contributed by atoms with Crippen LogP contribution in [0.1, 0.15) is 11.8 Å². The molecule has 1 aliphatic rings. The molecule has 0 amide bonds. The number of hydrogen-bond donors (Lipinski definition) is 5. The average Bonchev–Trinajstić information content (AvgIpc) is 3.17. The summed E-state index contributed by atoms with van der Waals surface area (Å²) in [6.07, 6.45) is -4.19. The first-order valence-corrected chi connectivity index (χ1v) is 11.1. The molecule has 0 radical (unpaired) electrons. The minimum absolute atomic E-state index is 0.0581. The summed E-state index contributed by atoms with van der Waals surface area (Å²) in [4.78, 5) is 38.8. The molecule has 5 atom stereocenters. The number of nitrogens with two attached hydrogens (primary N) is 1. The number of anilines is 1. The molecule has 4 rings (SSSR count). The van der Waals surface area contributed by atoms with Crippen molar-refractivity contribution < 1.29 is 38.4 Å². The van der Waals surface area contributed by atoms with Gasteiger partial charge in [-0.1, -0.05) is 28.7 Å². The molecule has 3 heterocycles. The number of rotatable bonds is 6. The maximum Gasteiger partial charge on any atom is 0.313 e. The lowest BCUT2D eigenvalue weighted by Gasteiger charge is -2.19. The number of imidazole rings is 1. The zero-order valence-corrected chi connectivity index (χ0v) is 17.9. The second-order valence-electron chi connectivity index (χ2n) is 7.21. The number of halogens is 1. The molecule has 3 aromatic rings. The van der Waals surface area contributed by atoms with Gasteiger partial charge >= 0.3 is 5.65 Å². The predicted octanol–water partition coefficient (Wildman–Crippen LogP) is -1.61. The van der Waals surface area contributed by atoms with E-state index >= 15 is 0 Å². The predicted molar refractivity (Wildman–Crippen MR) is 107 cm³/mol. The number of aliphatic hydroxyl groups is 2. The molecule has 1 unspecified atom stereocenters. The van der Waals surface area contributed by atoms with Crippen LogP contribution in [-0.2, 0) is 20.4 Å². The van der Waals surface area contributed by atoms with Crippen molar-refractivity contribution in [3.8, 4) is 0 Å².